The number of aldehydes is 1. The standard InChI is InChI=1S/C26H29BFN3O6/c1-29-24(33)22(5-3-11-32)31-15-20-19(25(31)34)4-2-6-23(20)37-16-17-14-18(7-8-21(17)28)26(27,35)30-9-12-36-13-10-30/h2,4,6-8,11,14,22,35H,3,5,9-10,12-13,15-16H2,1H3,(H,29,33). The minimum atomic E-state index is -1.80. The highest BCUT2D eigenvalue weighted by atomic mass is 19.1. The van der Waals surface area contributed by atoms with Gasteiger partial charge in [0.1, 0.15) is 38.3 Å². The van der Waals surface area contributed by atoms with Gasteiger partial charge in [0.25, 0.3) is 5.91 Å². The Balaban J connectivity index is 1.53. The number of likely N-dealkylation sites (N-methyl/N-ethyl adjacent to an activating group) is 1. The molecule has 0 saturated carbocycles. The van der Waals surface area contributed by atoms with E-state index >= 15 is 0 Å². The number of carbonyl (C=O) groups excluding carboxylic acids is 3. The van der Waals surface area contributed by atoms with Gasteiger partial charge in [-0.15, -0.1) is 0 Å². The number of rotatable bonds is 10. The molecule has 1 fully saturated rings. The monoisotopic (exact) mass is 509 g/mol. The number of amides is 2. The number of nitrogens with one attached hydrogen (secondary N) is 1. The summed E-state index contributed by atoms with van der Waals surface area (Å²) in [5.41, 5.74) is -0.341. The Hall–Kier alpha value is -3.28. The molecule has 0 aliphatic carbocycles. The molecule has 37 heavy (non-hydrogen) atoms. The molecule has 2 radical (unpaired) electrons. The van der Waals surface area contributed by atoms with E-state index in [2.05, 4.69) is 5.32 Å². The molecule has 0 aromatic heterocycles. The molecule has 2 aromatic rings. The Labute approximate surface area is 215 Å². The summed E-state index contributed by atoms with van der Waals surface area (Å²) in [6, 6.07) is 8.29. The Morgan fingerprint density at radius 2 is 2.08 bits per heavy atom. The molecule has 11 heteroatoms. The van der Waals surface area contributed by atoms with Crippen LogP contribution in [0.5, 0.6) is 5.75 Å². The Kier molecular flexibility index (Phi) is 8.26. The predicted octanol–water partition coefficient (Wildman–Crippen LogP) is 1.06. The predicted molar refractivity (Wildman–Crippen MR) is 132 cm³/mol. The van der Waals surface area contributed by atoms with Gasteiger partial charge in [-0.2, -0.15) is 0 Å². The van der Waals surface area contributed by atoms with Crippen molar-refractivity contribution in [3.8, 4) is 5.75 Å². The second-order valence-corrected chi connectivity index (χ2v) is 9.01. The summed E-state index contributed by atoms with van der Waals surface area (Å²) in [5.74, 6) is -0.855. The largest absolute Gasteiger partial charge is 0.488 e. The van der Waals surface area contributed by atoms with Crippen LogP contribution in [-0.4, -0.2) is 80.2 Å². The lowest BCUT2D eigenvalue weighted by Gasteiger charge is -2.40. The van der Waals surface area contributed by atoms with E-state index in [0.29, 0.717) is 55.0 Å². The van der Waals surface area contributed by atoms with Gasteiger partial charge in [0, 0.05) is 43.2 Å². The second kappa shape index (κ2) is 11.4. The second-order valence-electron chi connectivity index (χ2n) is 9.01. The number of halogens is 1. The van der Waals surface area contributed by atoms with Crippen molar-refractivity contribution in [1.29, 1.82) is 0 Å². The van der Waals surface area contributed by atoms with Crippen LogP contribution in [-0.2, 0) is 33.1 Å². The van der Waals surface area contributed by atoms with E-state index in [-0.39, 0.29) is 43.4 Å². The van der Waals surface area contributed by atoms with Gasteiger partial charge in [-0.1, -0.05) is 12.1 Å². The first-order chi connectivity index (χ1) is 17.8. The molecule has 2 heterocycles. The van der Waals surface area contributed by atoms with Gasteiger partial charge in [-0.05, 0) is 36.2 Å². The van der Waals surface area contributed by atoms with Crippen LogP contribution in [0.3, 0.4) is 0 Å². The minimum Gasteiger partial charge on any atom is -0.488 e. The van der Waals surface area contributed by atoms with Crippen molar-refractivity contribution in [3.63, 3.8) is 0 Å². The molecule has 194 valence electrons. The van der Waals surface area contributed by atoms with Crippen LogP contribution in [0.2, 0.25) is 0 Å². The lowest BCUT2D eigenvalue weighted by Crippen LogP contribution is -2.51. The van der Waals surface area contributed by atoms with E-state index in [1.54, 1.807) is 23.1 Å². The zero-order valence-corrected chi connectivity index (χ0v) is 20.6. The molecule has 2 aliphatic heterocycles. The van der Waals surface area contributed by atoms with E-state index in [4.69, 9.17) is 17.3 Å². The molecule has 9 nitrogen and oxygen atoms in total. The average molecular weight is 509 g/mol. The van der Waals surface area contributed by atoms with E-state index in [9.17, 15) is 23.9 Å². The third kappa shape index (κ3) is 5.53. The molecular formula is C26H29BFN3O6. The molecule has 4 rings (SSSR count). The van der Waals surface area contributed by atoms with Crippen LogP contribution in [0, 0.1) is 5.82 Å². The lowest BCUT2D eigenvalue weighted by molar-refractivity contribution is -0.125. The van der Waals surface area contributed by atoms with E-state index in [1.165, 1.54) is 30.1 Å². The average Bonchev–Trinajstić information content (AvgIpc) is 3.25. The van der Waals surface area contributed by atoms with Crippen molar-refractivity contribution in [2.75, 3.05) is 33.4 Å². The van der Waals surface area contributed by atoms with Gasteiger partial charge in [0.05, 0.1) is 25.4 Å². The van der Waals surface area contributed by atoms with Crippen molar-refractivity contribution >= 4 is 25.9 Å². The Bertz CT molecular complexity index is 1170. The van der Waals surface area contributed by atoms with E-state index in [1.807, 2.05) is 0 Å². The summed E-state index contributed by atoms with van der Waals surface area (Å²) in [5, 5.41) is 13.5. The summed E-state index contributed by atoms with van der Waals surface area (Å²) in [4.78, 5) is 39.5. The number of hydrogen-bond acceptors (Lipinski definition) is 7. The fourth-order valence-corrected chi connectivity index (χ4v) is 4.69. The van der Waals surface area contributed by atoms with Gasteiger partial charge in [-0.3, -0.25) is 14.5 Å². The van der Waals surface area contributed by atoms with Gasteiger partial charge >= 0.3 is 0 Å². The summed E-state index contributed by atoms with van der Waals surface area (Å²) < 4.78 is 25.9. The third-order valence-electron chi connectivity index (χ3n) is 6.78. The summed E-state index contributed by atoms with van der Waals surface area (Å²) >= 11 is 0. The molecule has 2 unspecified atom stereocenters. The van der Waals surface area contributed by atoms with Crippen molar-refractivity contribution in [1.82, 2.24) is 15.1 Å². The first-order valence-corrected chi connectivity index (χ1v) is 12.1. The highest BCUT2D eigenvalue weighted by molar-refractivity contribution is 6.14. The SMILES string of the molecule is [B]C(O)(c1ccc(F)c(COc2cccc3c2CN(C(CCC=O)C(=O)NC)C3=O)c1)N1CCOCC1. The van der Waals surface area contributed by atoms with E-state index < -0.39 is 17.5 Å². The lowest BCUT2D eigenvalue weighted by atomic mass is 9.81. The van der Waals surface area contributed by atoms with Crippen LogP contribution in [0.15, 0.2) is 36.4 Å². The topological polar surface area (TPSA) is 108 Å². The number of aliphatic hydroxyl groups is 1. The van der Waals surface area contributed by atoms with Gasteiger partial charge in [0.2, 0.25) is 5.91 Å². The van der Waals surface area contributed by atoms with Gasteiger partial charge in [-0.25, -0.2) is 4.39 Å². The first-order valence-electron chi connectivity index (χ1n) is 12.1. The normalized spacial score (nSPS) is 18.1. The Morgan fingerprint density at radius 3 is 2.78 bits per heavy atom. The van der Waals surface area contributed by atoms with E-state index in [0.717, 1.165) is 0 Å². The maximum atomic E-state index is 14.7. The van der Waals surface area contributed by atoms with Crippen LogP contribution >= 0.6 is 0 Å². The zero-order chi connectivity index (χ0) is 26.6. The third-order valence-corrected chi connectivity index (χ3v) is 6.78. The zero-order valence-electron chi connectivity index (χ0n) is 20.6. The summed E-state index contributed by atoms with van der Waals surface area (Å²) in [7, 11) is 7.68. The molecule has 2 N–H and O–H groups in total. The number of fused-ring (bicyclic) bond motifs is 1. The fraction of sp³-hybridized carbons (Fsp3) is 0.423. The minimum absolute atomic E-state index is 0.114. The highest BCUT2D eigenvalue weighted by Crippen LogP contribution is 2.34. The number of hydrogen-bond donors (Lipinski definition) is 2. The molecule has 2 amide bonds. The summed E-state index contributed by atoms with van der Waals surface area (Å²) in [6.07, 6.45) is 1.04. The highest BCUT2D eigenvalue weighted by Gasteiger charge is 2.37. The van der Waals surface area contributed by atoms with Crippen molar-refractivity contribution in [2.45, 2.75) is 37.7 Å². The smallest absolute Gasteiger partial charge is 0.255 e. The first kappa shape index (κ1) is 26.8. The maximum Gasteiger partial charge on any atom is 0.255 e. The van der Waals surface area contributed by atoms with Crippen molar-refractivity contribution in [3.05, 3.63) is 64.5 Å². The molecule has 0 spiro atoms. The van der Waals surface area contributed by atoms with Crippen molar-refractivity contribution in [2.24, 2.45) is 0 Å². The number of carbonyl (C=O) groups is 3. The maximum absolute atomic E-state index is 14.7. The molecule has 2 aromatic carbocycles. The number of ether oxygens (including phenoxy) is 2. The van der Waals surface area contributed by atoms with Gasteiger partial charge in [0.15, 0.2) is 0 Å². The fourth-order valence-electron chi connectivity index (χ4n) is 4.69. The number of morpholine rings is 1. The molecule has 0 bridgehead atoms. The number of benzene rings is 2. The van der Waals surface area contributed by atoms with Gasteiger partial charge < -0.3 is 29.6 Å². The van der Waals surface area contributed by atoms with Crippen LogP contribution < -0.4 is 10.1 Å². The van der Waals surface area contributed by atoms with Crippen LogP contribution in [0.4, 0.5) is 4.39 Å². The molecule has 2 atom stereocenters. The molecule has 1 saturated heterocycles. The quantitative estimate of drug-likeness (QED) is 0.364. The molecule has 2 aliphatic rings. The van der Waals surface area contributed by atoms with Crippen LogP contribution in [0.1, 0.15) is 39.9 Å². The number of nitrogens with zero attached hydrogens (tertiary/aromatic N) is 2. The van der Waals surface area contributed by atoms with Crippen LogP contribution in [0.25, 0.3) is 0 Å². The Morgan fingerprint density at radius 1 is 1.32 bits per heavy atom. The van der Waals surface area contributed by atoms with Crippen molar-refractivity contribution < 1.29 is 33.4 Å². The summed E-state index contributed by atoms with van der Waals surface area (Å²) in [6.45, 7) is 1.67. The molecular weight excluding hydrogens is 480 g/mol.